The fourth-order valence-corrected chi connectivity index (χ4v) is 3.95. The van der Waals surface area contributed by atoms with Gasteiger partial charge in [0.1, 0.15) is 0 Å². The lowest BCUT2D eigenvalue weighted by atomic mass is 10.1. The molecule has 2 aromatic carbocycles. The summed E-state index contributed by atoms with van der Waals surface area (Å²) in [6.45, 7) is 0.455. The van der Waals surface area contributed by atoms with Crippen LogP contribution in [0.2, 0.25) is 5.02 Å². The minimum absolute atomic E-state index is 0.122. The average Bonchev–Trinajstić information content (AvgIpc) is 3.48. The molecule has 8 nitrogen and oxygen atoms in total. The molecule has 168 valence electrons. The first-order valence-electron chi connectivity index (χ1n) is 10.8. The van der Waals surface area contributed by atoms with Gasteiger partial charge in [0.2, 0.25) is 23.6 Å². The van der Waals surface area contributed by atoms with Crippen LogP contribution >= 0.6 is 11.6 Å². The van der Waals surface area contributed by atoms with E-state index in [0.29, 0.717) is 22.4 Å². The van der Waals surface area contributed by atoms with Crippen molar-refractivity contribution in [3.8, 4) is 11.5 Å². The molecule has 1 aliphatic heterocycles. The topological polar surface area (TPSA) is 96.6 Å². The molecule has 9 heteroatoms. The third-order valence-corrected chi connectivity index (χ3v) is 6.06. The molecule has 5 rings (SSSR count). The van der Waals surface area contributed by atoms with Gasteiger partial charge in [-0.05, 0) is 54.8 Å². The average molecular weight is 465 g/mol. The van der Waals surface area contributed by atoms with Crippen LogP contribution in [0, 0.1) is 0 Å². The maximum Gasteiger partial charge on any atom is 0.254 e. The number of carbonyl (C=O) groups excluding carboxylic acids is 3. The van der Waals surface area contributed by atoms with Gasteiger partial charge in [0.05, 0.1) is 13.1 Å². The van der Waals surface area contributed by atoms with Crippen molar-refractivity contribution in [3.05, 3.63) is 70.6 Å². The van der Waals surface area contributed by atoms with Crippen molar-refractivity contribution in [1.29, 1.82) is 0 Å². The maximum absolute atomic E-state index is 13.2. The van der Waals surface area contributed by atoms with Gasteiger partial charge >= 0.3 is 0 Å². The van der Waals surface area contributed by atoms with E-state index >= 15 is 0 Å². The minimum atomic E-state index is -0.155. The number of hydrogen-bond acceptors (Lipinski definition) is 6. The van der Waals surface area contributed by atoms with Gasteiger partial charge in [-0.15, -0.1) is 10.2 Å². The molecule has 2 fully saturated rings. The predicted molar refractivity (Wildman–Crippen MR) is 119 cm³/mol. The Bertz CT molecular complexity index is 1190. The molecule has 2 heterocycles. The zero-order chi connectivity index (χ0) is 22.9. The standard InChI is InChI=1S/C24H21ClN4O4/c25-18-7-5-16(6-8-18)23-27-26-20(33-23)14-28(19-9-10-19)24(32)17-3-1-15(2-4-17)13-29-21(30)11-12-22(29)31/h1-8,19H,9-14H2. The number of amides is 3. The summed E-state index contributed by atoms with van der Waals surface area (Å²) >= 11 is 5.93. The van der Waals surface area contributed by atoms with Crippen LogP contribution in [0.1, 0.15) is 47.5 Å². The summed E-state index contributed by atoms with van der Waals surface area (Å²) in [6.07, 6.45) is 2.39. The van der Waals surface area contributed by atoms with E-state index in [4.69, 9.17) is 16.0 Å². The SMILES string of the molecule is O=C1CCC(=O)N1Cc1ccc(C(=O)N(Cc2nnc(-c3ccc(Cl)cc3)o2)C2CC2)cc1. The van der Waals surface area contributed by atoms with E-state index < -0.39 is 0 Å². The van der Waals surface area contributed by atoms with Crippen LogP contribution in [0.4, 0.5) is 0 Å². The van der Waals surface area contributed by atoms with E-state index in [-0.39, 0.29) is 49.7 Å². The predicted octanol–water partition coefficient (Wildman–Crippen LogP) is 3.84. The molecular formula is C24H21ClN4O4. The van der Waals surface area contributed by atoms with Crippen molar-refractivity contribution in [2.75, 3.05) is 0 Å². The Morgan fingerprint density at radius 3 is 2.30 bits per heavy atom. The van der Waals surface area contributed by atoms with Crippen molar-refractivity contribution < 1.29 is 18.8 Å². The van der Waals surface area contributed by atoms with Crippen LogP contribution in [-0.4, -0.2) is 43.8 Å². The third kappa shape index (κ3) is 4.66. The first-order valence-corrected chi connectivity index (χ1v) is 11.2. The van der Waals surface area contributed by atoms with Crippen molar-refractivity contribution >= 4 is 29.3 Å². The number of rotatable bonds is 7. The Morgan fingerprint density at radius 2 is 1.67 bits per heavy atom. The summed E-state index contributed by atoms with van der Waals surface area (Å²) in [4.78, 5) is 39.9. The number of halogens is 1. The molecule has 1 aromatic heterocycles. The van der Waals surface area contributed by atoms with E-state index in [1.165, 1.54) is 4.90 Å². The van der Waals surface area contributed by atoms with Crippen molar-refractivity contribution in [3.63, 3.8) is 0 Å². The van der Waals surface area contributed by atoms with Gasteiger partial charge in [0.15, 0.2) is 0 Å². The molecule has 0 unspecified atom stereocenters. The largest absolute Gasteiger partial charge is 0.419 e. The number of benzene rings is 2. The molecule has 1 saturated carbocycles. The summed E-state index contributed by atoms with van der Waals surface area (Å²) < 4.78 is 5.79. The Labute approximate surface area is 195 Å². The second-order valence-electron chi connectivity index (χ2n) is 8.24. The molecule has 0 atom stereocenters. The molecule has 2 aliphatic rings. The van der Waals surface area contributed by atoms with Crippen LogP contribution in [-0.2, 0) is 22.7 Å². The van der Waals surface area contributed by atoms with Gasteiger partial charge in [-0.2, -0.15) is 0 Å². The van der Waals surface area contributed by atoms with E-state index in [1.807, 2.05) is 0 Å². The molecule has 3 amide bonds. The fraction of sp³-hybridized carbons (Fsp3) is 0.292. The molecule has 3 aromatic rings. The van der Waals surface area contributed by atoms with E-state index in [9.17, 15) is 14.4 Å². The number of nitrogens with zero attached hydrogens (tertiary/aromatic N) is 4. The summed E-state index contributed by atoms with van der Waals surface area (Å²) in [5, 5.41) is 8.83. The highest BCUT2D eigenvalue weighted by atomic mass is 35.5. The molecular weight excluding hydrogens is 444 g/mol. The fourth-order valence-electron chi connectivity index (χ4n) is 3.83. The van der Waals surface area contributed by atoms with E-state index in [0.717, 1.165) is 24.0 Å². The first-order chi connectivity index (χ1) is 16.0. The van der Waals surface area contributed by atoms with Crippen LogP contribution in [0.5, 0.6) is 0 Å². The molecule has 0 spiro atoms. The highest BCUT2D eigenvalue weighted by Crippen LogP contribution is 2.30. The molecule has 1 saturated heterocycles. The lowest BCUT2D eigenvalue weighted by Crippen LogP contribution is -2.32. The zero-order valence-electron chi connectivity index (χ0n) is 17.7. The molecule has 0 radical (unpaired) electrons. The lowest BCUT2D eigenvalue weighted by molar-refractivity contribution is -0.139. The van der Waals surface area contributed by atoms with Gasteiger partial charge in [0, 0.05) is 35.0 Å². The van der Waals surface area contributed by atoms with Gasteiger partial charge in [-0.25, -0.2) is 0 Å². The number of carbonyl (C=O) groups is 3. The Kier molecular flexibility index (Phi) is 5.68. The zero-order valence-corrected chi connectivity index (χ0v) is 18.5. The number of imide groups is 1. The first kappa shape index (κ1) is 21.3. The van der Waals surface area contributed by atoms with Crippen LogP contribution < -0.4 is 0 Å². The highest BCUT2D eigenvalue weighted by Gasteiger charge is 2.34. The molecule has 33 heavy (non-hydrogen) atoms. The van der Waals surface area contributed by atoms with E-state index in [1.54, 1.807) is 53.4 Å². The Morgan fingerprint density at radius 1 is 1.00 bits per heavy atom. The third-order valence-electron chi connectivity index (χ3n) is 5.81. The van der Waals surface area contributed by atoms with Gasteiger partial charge in [0.25, 0.3) is 5.91 Å². The Hall–Kier alpha value is -3.52. The van der Waals surface area contributed by atoms with Gasteiger partial charge < -0.3 is 9.32 Å². The number of hydrogen-bond donors (Lipinski definition) is 0. The highest BCUT2D eigenvalue weighted by molar-refractivity contribution is 6.30. The monoisotopic (exact) mass is 464 g/mol. The summed E-state index contributed by atoms with van der Waals surface area (Å²) in [5.41, 5.74) is 2.09. The maximum atomic E-state index is 13.2. The summed E-state index contributed by atoms with van der Waals surface area (Å²) in [6, 6.07) is 14.3. The minimum Gasteiger partial charge on any atom is -0.419 e. The second-order valence-corrected chi connectivity index (χ2v) is 8.68. The van der Waals surface area contributed by atoms with Crippen molar-refractivity contribution in [2.45, 2.75) is 44.8 Å². The number of likely N-dealkylation sites (tertiary alicyclic amines) is 1. The van der Waals surface area contributed by atoms with Crippen LogP contribution in [0.25, 0.3) is 11.5 Å². The van der Waals surface area contributed by atoms with Gasteiger partial charge in [-0.3, -0.25) is 19.3 Å². The van der Waals surface area contributed by atoms with E-state index in [2.05, 4.69) is 10.2 Å². The lowest BCUT2D eigenvalue weighted by Gasteiger charge is -2.21. The second kappa shape index (κ2) is 8.78. The van der Waals surface area contributed by atoms with Crippen molar-refractivity contribution in [2.24, 2.45) is 0 Å². The van der Waals surface area contributed by atoms with Crippen LogP contribution in [0.3, 0.4) is 0 Å². The molecule has 0 bridgehead atoms. The smallest absolute Gasteiger partial charge is 0.254 e. The summed E-state index contributed by atoms with van der Waals surface area (Å²) in [5.74, 6) is 0.307. The van der Waals surface area contributed by atoms with Gasteiger partial charge in [-0.1, -0.05) is 23.7 Å². The van der Waals surface area contributed by atoms with Crippen molar-refractivity contribution in [1.82, 2.24) is 20.0 Å². The number of aromatic nitrogens is 2. The van der Waals surface area contributed by atoms with Crippen LogP contribution in [0.15, 0.2) is 52.9 Å². The molecule has 1 aliphatic carbocycles. The molecule has 0 N–H and O–H groups in total. The summed E-state index contributed by atoms with van der Waals surface area (Å²) in [7, 11) is 0. The quantitative estimate of drug-likeness (QED) is 0.493. The normalized spacial score (nSPS) is 15.8. The Balaban J connectivity index is 1.28.